The van der Waals surface area contributed by atoms with Crippen LogP contribution in [-0.4, -0.2) is 72.8 Å². The van der Waals surface area contributed by atoms with Gasteiger partial charge in [-0.05, 0) is 59.8 Å². The summed E-state index contributed by atoms with van der Waals surface area (Å²) >= 11 is 4.78. The van der Waals surface area contributed by atoms with Gasteiger partial charge in [-0.1, -0.05) is 19.3 Å². The largest absolute Gasteiger partial charge is 0.340 e. The van der Waals surface area contributed by atoms with Crippen LogP contribution >= 0.6 is 27.3 Å². The third-order valence-electron chi connectivity index (χ3n) is 5.69. The van der Waals surface area contributed by atoms with E-state index in [1.165, 1.54) is 54.9 Å². The van der Waals surface area contributed by atoms with E-state index >= 15 is 0 Å². The molecule has 0 atom stereocenters. The number of carbonyl (C=O) groups excluding carboxylic acids is 2. The Morgan fingerprint density at radius 1 is 1.11 bits per heavy atom. The first kappa shape index (κ1) is 20.8. The van der Waals surface area contributed by atoms with Crippen LogP contribution in [0.1, 0.15) is 48.2 Å². The quantitative estimate of drug-likeness (QED) is 0.679. The van der Waals surface area contributed by atoms with Crippen LogP contribution in [0.3, 0.4) is 0 Å². The van der Waals surface area contributed by atoms with E-state index in [1.807, 2.05) is 11.0 Å². The molecule has 0 aromatic carbocycles. The third kappa shape index (κ3) is 6.03. The van der Waals surface area contributed by atoms with Gasteiger partial charge in [-0.15, -0.1) is 11.3 Å². The van der Waals surface area contributed by atoms with Crippen LogP contribution in [0.5, 0.6) is 0 Å². The van der Waals surface area contributed by atoms with E-state index in [0.717, 1.165) is 42.3 Å². The van der Waals surface area contributed by atoms with Crippen molar-refractivity contribution in [1.29, 1.82) is 0 Å². The van der Waals surface area contributed by atoms with Crippen LogP contribution < -0.4 is 0 Å². The Bertz CT molecular complexity index is 645. The summed E-state index contributed by atoms with van der Waals surface area (Å²) in [5, 5.41) is 0. The molecule has 5 nitrogen and oxygen atoms in total. The molecule has 1 aliphatic heterocycles. The number of halogens is 1. The van der Waals surface area contributed by atoms with Gasteiger partial charge < -0.3 is 14.7 Å². The Hall–Kier alpha value is -0.920. The first-order valence-corrected chi connectivity index (χ1v) is 11.6. The summed E-state index contributed by atoms with van der Waals surface area (Å²) in [6, 6.07) is 3.66. The molecule has 1 aliphatic carbocycles. The highest BCUT2D eigenvalue weighted by molar-refractivity contribution is 9.11. The maximum atomic E-state index is 12.7. The molecule has 7 heteroatoms. The van der Waals surface area contributed by atoms with Gasteiger partial charge >= 0.3 is 0 Å². The smallest absolute Gasteiger partial charge is 0.264 e. The van der Waals surface area contributed by atoms with Crippen molar-refractivity contribution in [3.63, 3.8) is 0 Å². The summed E-state index contributed by atoms with van der Waals surface area (Å²) in [6.45, 7) is 4.95. The van der Waals surface area contributed by atoms with Crippen LogP contribution in [0.25, 0.3) is 0 Å². The average molecular weight is 456 g/mol. The van der Waals surface area contributed by atoms with E-state index in [-0.39, 0.29) is 18.4 Å². The second-order valence-electron chi connectivity index (χ2n) is 7.80. The predicted molar refractivity (Wildman–Crippen MR) is 113 cm³/mol. The van der Waals surface area contributed by atoms with Crippen molar-refractivity contribution >= 4 is 39.1 Å². The van der Waals surface area contributed by atoms with Crippen molar-refractivity contribution in [2.75, 3.05) is 46.3 Å². The second kappa shape index (κ2) is 10.0. The van der Waals surface area contributed by atoms with E-state index < -0.39 is 0 Å². The first-order valence-electron chi connectivity index (χ1n) is 10.0. The number of hydrogen-bond donors (Lipinski definition) is 0. The highest BCUT2D eigenvalue weighted by atomic mass is 79.9. The van der Waals surface area contributed by atoms with E-state index in [0.29, 0.717) is 4.88 Å². The maximum absolute atomic E-state index is 12.7. The van der Waals surface area contributed by atoms with E-state index in [2.05, 4.69) is 20.8 Å². The molecule has 2 heterocycles. The molecule has 1 saturated heterocycles. The zero-order chi connectivity index (χ0) is 19.2. The zero-order valence-electron chi connectivity index (χ0n) is 16.2. The van der Waals surface area contributed by atoms with E-state index in [9.17, 15) is 9.59 Å². The number of amides is 2. The zero-order valence-corrected chi connectivity index (χ0v) is 18.6. The van der Waals surface area contributed by atoms with Gasteiger partial charge in [0.2, 0.25) is 5.91 Å². The van der Waals surface area contributed by atoms with Crippen LogP contribution in [0.2, 0.25) is 0 Å². The number of hydrogen-bond acceptors (Lipinski definition) is 4. The number of rotatable bonds is 5. The molecule has 0 bridgehead atoms. The lowest BCUT2D eigenvalue weighted by atomic mass is 9.89. The van der Waals surface area contributed by atoms with Crippen LogP contribution in [0, 0.1) is 5.92 Å². The maximum Gasteiger partial charge on any atom is 0.264 e. The molecule has 3 rings (SSSR count). The minimum Gasteiger partial charge on any atom is -0.340 e. The topological polar surface area (TPSA) is 43.9 Å². The molecule has 2 aliphatic rings. The minimum absolute atomic E-state index is 0.0565. The molecule has 1 aromatic rings. The normalized spacial score (nSPS) is 19.7. The molecule has 0 radical (unpaired) electrons. The fourth-order valence-corrected chi connectivity index (χ4v) is 5.51. The number of thiophene rings is 1. The lowest BCUT2D eigenvalue weighted by Crippen LogP contribution is -2.42. The molecule has 2 fully saturated rings. The molecule has 1 saturated carbocycles. The molecule has 1 aromatic heterocycles. The SMILES string of the molecule is CN(CC(=O)N1CCCN(CC2CCCCC2)CC1)C(=O)c1ccc(Br)s1. The van der Waals surface area contributed by atoms with Gasteiger partial charge in [0.25, 0.3) is 5.91 Å². The average Bonchev–Trinajstić information content (AvgIpc) is 2.96. The Labute approximate surface area is 174 Å². The standard InChI is InChI=1S/C20H30BrN3O2S/c1-22(20(26)17-8-9-18(21)27-17)15-19(25)24-11-5-10-23(12-13-24)14-16-6-3-2-4-7-16/h8-9,16H,2-7,10-15H2,1H3. The summed E-state index contributed by atoms with van der Waals surface area (Å²) in [5.74, 6) is 0.809. The summed E-state index contributed by atoms with van der Waals surface area (Å²) in [7, 11) is 1.71. The highest BCUT2D eigenvalue weighted by Gasteiger charge is 2.24. The molecule has 150 valence electrons. The summed E-state index contributed by atoms with van der Waals surface area (Å²) in [4.78, 5) is 31.8. The molecule has 0 spiro atoms. The number of carbonyl (C=O) groups is 2. The Balaban J connectivity index is 1.46. The predicted octanol–water partition coefficient (Wildman–Crippen LogP) is 3.70. The fraction of sp³-hybridized carbons (Fsp3) is 0.700. The minimum atomic E-state index is -0.0900. The van der Waals surface area contributed by atoms with Crippen molar-refractivity contribution in [1.82, 2.24) is 14.7 Å². The molecule has 0 unspecified atom stereocenters. The summed E-state index contributed by atoms with van der Waals surface area (Å²) in [6.07, 6.45) is 7.91. The van der Waals surface area contributed by atoms with Crippen molar-refractivity contribution < 1.29 is 9.59 Å². The molecular weight excluding hydrogens is 426 g/mol. The van der Waals surface area contributed by atoms with Crippen molar-refractivity contribution in [3.8, 4) is 0 Å². The monoisotopic (exact) mass is 455 g/mol. The summed E-state index contributed by atoms with van der Waals surface area (Å²) in [5.41, 5.74) is 0. The van der Waals surface area contributed by atoms with Gasteiger partial charge in [0.15, 0.2) is 0 Å². The Morgan fingerprint density at radius 3 is 2.59 bits per heavy atom. The molecule has 0 N–H and O–H groups in total. The van der Waals surface area contributed by atoms with Crippen LogP contribution in [-0.2, 0) is 4.79 Å². The van der Waals surface area contributed by atoms with Crippen molar-refractivity contribution in [2.45, 2.75) is 38.5 Å². The van der Waals surface area contributed by atoms with E-state index in [4.69, 9.17) is 0 Å². The molecular formula is C20H30BrN3O2S. The van der Waals surface area contributed by atoms with Gasteiger partial charge in [0.1, 0.15) is 0 Å². The Kier molecular flexibility index (Phi) is 7.73. The highest BCUT2D eigenvalue weighted by Crippen LogP contribution is 2.25. The third-order valence-corrected chi connectivity index (χ3v) is 7.30. The number of nitrogens with zero attached hydrogens (tertiary/aromatic N) is 3. The van der Waals surface area contributed by atoms with Crippen LogP contribution in [0.15, 0.2) is 15.9 Å². The van der Waals surface area contributed by atoms with Gasteiger partial charge in [0.05, 0.1) is 15.2 Å². The van der Waals surface area contributed by atoms with Crippen molar-refractivity contribution in [3.05, 3.63) is 20.8 Å². The number of likely N-dealkylation sites (N-methyl/N-ethyl adjacent to an activating group) is 1. The van der Waals surface area contributed by atoms with Crippen molar-refractivity contribution in [2.24, 2.45) is 5.92 Å². The molecule has 27 heavy (non-hydrogen) atoms. The van der Waals surface area contributed by atoms with Gasteiger partial charge in [-0.2, -0.15) is 0 Å². The van der Waals surface area contributed by atoms with E-state index in [1.54, 1.807) is 13.1 Å². The van der Waals surface area contributed by atoms with Gasteiger partial charge in [-0.3, -0.25) is 9.59 Å². The lowest BCUT2D eigenvalue weighted by Gasteiger charge is -2.29. The fourth-order valence-electron chi connectivity index (χ4n) is 4.13. The van der Waals surface area contributed by atoms with Gasteiger partial charge in [0, 0.05) is 33.2 Å². The summed E-state index contributed by atoms with van der Waals surface area (Å²) < 4.78 is 0.927. The first-order chi connectivity index (χ1) is 13.0. The van der Waals surface area contributed by atoms with Crippen LogP contribution in [0.4, 0.5) is 0 Å². The molecule has 2 amide bonds. The lowest BCUT2D eigenvalue weighted by molar-refractivity contribution is -0.131. The second-order valence-corrected chi connectivity index (χ2v) is 10.3. The van der Waals surface area contributed by atoms with Gasteiger partial charge in [-0.25, -0.2) is 0 Å². The Morgan fingerprint density at radius 2 is 1.89 bits per heavy atom.